The molecule has 0 bridgehead atoms. The molecule has 1 saturated heterocycles. The molecule has 1 aromatic heterocycles. The first kappa shape index (κ1) is 29.0. The van der Waals surface area contributed by atoms with Gasteiger partial charge in [-0.05, 0) is 65.2 Å². The zero-order chi connectivity index (χ0) is 27.1. The largest absolute Gasteiger partial charge is 0.394 e. The van der Waals surface area contributed by atoms with E-state index in [9.17, 15) is 15.0 Å². The van der Waals surface area contributed by atoms with Crippen molar-refractivity contribution < 1.29 is 15.0 Å². The first-order valence-electron chi connectivity index (χ1n) is 12.9. The van der Waals surface area contributed by atoms with Crippen LogP contribution in [0.15, 0.2) is 65.4 Å². The molecule has 0 saturated carbocycles. The van der Waals surface area contributed by atoms with E-state index in [-0.39, 0.29) is 24.5 Å². The normalized spacial score (nSPS) is 17.2. The van der Waals surface area contributed by atoms with Crippen molar-refractivity contribution in [3.8, 4) is 0 Å². The summed E-state index contributed by atoms with van der Waals surface area (Å²) in [5, 5.41) is 25.2. The number of carbonyl (C=O) groups excluding carboxylic acids is 1. The summed E-state index contributed by atoms with van der Waals surface area (Å²) in [5.41, 5.74) is 2.79. The predicted molar refractivity (Wildman–Crippen MR) is 155 cm³/mol. The minimum absolute atomic E-state index is 0.00816. The van der Waals surface area contributed by atoms with Crippen LogP contribution >= 0.6 is 34.5 Å². The third-order valence-electron chi connectivity index (χ3n) is 7.31. The van der Waals surface area contributed by atoms with Crippen LogP contribution < -0.4 is 0 Å². The first-order chi connectivity index (χ1) is 18.4. The van der Waals surface area contributed by atoms with Crippen molar-refractivity contribution in [3.05, 3.63) is 92.1 Å². The molecule has 1 amide bonds. The molecule has 0 spiro atoms. The standard InChI is InChI=1S/C29H35Cl2N3O3S/c1-32(29(37)21-5-3-2-4-6-21)18-23(22-7-8-25(30)26(31)17-22)9-11-33-12-14-34(15-13-33)28(27(36)19-35)24-10-16-38-20-24/h2-8,10,16-17,20,23,27-28,35-36H,9,11-15,18-19H2,1H3/t23-,27+,28?/m1/s1. The molecule has 9 heteroatoms. The highest BCUT2D eigenvalue weighted by Crippen LogP contribution is 2.30. The van der Waals surface area contributed by atoms with Gasteiger partial charge in [0.2, 0.25) is 0 Å². The average molecular weight is 577 g/mol. The number of aliphatic hydroxyl groups is 2. The zero-order valence-corrected chi connectivity index (χ0v) is 23.9. The number of halogens is 2. The monoisotopic (exact) mass is 575 g/mol. The number of benzene rings is 2. The summed E-state index contributed by atoms with van der Waals surface area (Å²) in [6, 6.07) is 16.9. The molecule has 2 aromatic carbocycles. The van der Waals surface area contributed by atoms with Crippen LogP contribution in [0.25, 0.3) is 0 Å². The summed E-state index contributed by atoms with van der Waals surface area (Å²) in [6.07, 6.45) is 0.0466. The highest BCUT2D eigenvalue weighted by Gasteiger charge is 2.31. The van der Waals surface area contributed by atoms with Crippen molar-refractivity contribution >= 4 is 40.4 Å². The molecule has 4 rings (SSSR count). The summed E-state index contributed by atoms with van der Waals surface area (Å²) >= 11 is 14.1. The number of aliphatic hydroxyl groups excluding tert-OH is 2. The van der Waals surface area contributed by atoms with Crippen LogP contribution in [0.3, 0.4) is 0 Å². The lowest BCUT2D eigenvalue weighted by molar-refractivity contribution is -0.00967. The molecular weight excluding hydrogens is 541 g/mol. The smallest absolute Gasteiger partial charge is 0.253 e. The van der Waals surface area contributed by atoms with E-state index < -0.39 is 6.10 Å². The Labute approximate surface area is 239 Å². The molecule has 1 aliphatic heterocycles. The fraction of sp³-hybridized carbons (Fsp3) is 0.414. The number of piperazine rings is 1. The van der Waals surface area contributed by atoms with Gasteiger partial charge in [-0.2, -0.15) is 11.3 Å². The first-order valence-corrected chi connectivity index (χ1v) is 14.6. The molecule has 2 heterocycles. The SMILES string of the molecule is CN(C[C@@H](CCN1CCN(C(c2ccsc2)[C@@H](O)CO)CC1)c1ccc(Cl)c(Cl)c1)C(=O)c1ccccc1. The maximum atomic E-state index is 13.0. The van der Waals surface area contributed by atoms with Gasteiger partial charge in [-0.3, -0.25) is 9.69 Å². The highest BCUT2D eigenvalue weighted by molar-refractivity contribution is 7.08. The third-order valence-corrected chi connectivity index (χ3v) is 8.75. The topological polar surface area (TPSA) is 67.2 Å². The highest BCUT2D eigenvalue weighted by atomic mass is 35.5. The van der Waals surface area contributed by atoms with Gasteiger partial charge >= 0.3 is 0 Å². The number of nitrogens with zero attached hydrogens (tertiary/aromatic N) is 3. The van der Waals surface area contributed by atoms with E-state index in [1.54, 1.807) is 16.2 Å². The molecule has 204 valence electrons. The van der Waals surface area contributed by atoms with Gasteiger partial charge in [0, 0.05) is 51.3 Å². The van der Waals surface area contributed by atoms with E-state index in [1.807, 2.05) is 72.4 Å². The molecule has 1 aliphatic rings. The van der Waals surface area contributed by atoms with Crippen molar-refractivity contribution in [1.82, 2.24) is 14.7 Å². The second-order valence-electron chi connectivity index (χ2n) is 9.84. The quantitative estimate of drug-likeness (QED) is 0.336. The van der Waals surface area contributed by atoms with Gasteiger partial charge in [0.1, 0.15) is 0 Å². The molecule has 38 heavy (non-hydrogen) atoms. The summed E-state index contributed by atoms with van der Waals surface area (Å²) < 4.78 is 0. The van der Waals surface area contributed by atoms with Gasteiger partial charge in [-0.15, -0.1) is 0 Å². The Hall–Kier alpha value is -1.97. The number of hydrogen-bond acceptors (Lipinski definition) is 6. The minimum Gasteiger partial charge on any atom is -0.394 e. The second-order valence-corrected chi connectivity index (χ2v) is 11.4. The van der Waals surface area contributed by atoms with E-state index in [0.29, 0.717) is 22.2 Å². The third kappa shape index (κ3) is 7.36. The Morgan fingerprint density at radius 2 is 1.76 bits per heavy atom. The van der Waals surface area contributed by atoms with E-state index in [0.717, 1.165) is 50.3 Å². The van der Waals surface area contributed by atoms with Crippen LogP contribution in [0.4, 0.5) is 0 Å². The molecule has 0 aliphatic carbocycles. The van der Waals surface area contributed by atoms with Crippen molar-refractivity contribution in [3.63, 3.8) is 0 Å². The molecule has 0 radical (unpaired) electrons. The molecular formula is C29H35Cl2N3O3S. The van der Waals surface area contributed by atoms with Crippen LogP contribution in [-0.2, 0) is 0 Å². The number of rotatable bonds is 11. The van der Waals surface area contributed by atoms with Gasteiger partial charge in [-0.25, -0.2) is 0 Å². The van der Waals surface area contributed by atoms with E-state index >= 15 is 0 Å². The van der Waals surface area contributed by atoms with Crippen molar-refractivity contribution in [2.45, 2.75) is 24.5 Å². The number of thiophene rings is 1. The van der Waals surface area contributed by atoms with Crippen LogP contribution in [0.2, 0.25) is 10.0 Å². The summed E-state index contributed by atoms with van der Waals surface area (Å²) in [5.74, 6) is 0.0846. The summed E-state index contributed by atoms with van der Waals surface area (Å²) in [6.45, 7) is 4.52. The molecule has 2 N–H and O–H groups in total. The molecule has 1 unspecified atom stereocenters. The average Bonchev–Trinajstić information content (AvgIpc) is 3.47. The van der Waals surface area contributed by atoms with Crippen LogP contribution in [0, 0.1) is 0 Å². The maximum absolute atomic E-state index is 13.0. The Bertz CT molecular complexity index is 1160. The van der Waals surface area contributed by atoms with Gasteiger partial charge in [0.05, 0.1) is 28.8 Å². The van der Waals surface area contributed by atoms with Crippen molar-refractivity contribution in [2.24, 2.45) is 0 Å². The predicted octanol–water partition coefficient (Wildman–Crippen LogP) is 5.01. The zero-order valence-electron chi connectivity index (χ0n) is 21.5. The molecule has 6 nitrogen and oxygen atoms in total. The lowest BCUT2D eigenvalue weighted by Gasteiger charge is -2.41. The Balaban J connectivity index is 1.40. The van der Waals surface area contributed by atoms with E-state index in [4.69, 9.17) is 23.2 Å². The fourth-order valence-electron chi connectivity index (χ4n) is 5.17. The Morgan fingerprint density at radius 1 is 1.03 bits per heavy atom. The van der Waals surface area contributed by atoms with Crippen LogP contribution in [-0.4, -0.2) is 89.8 Å². The van der Waals surface area contributed by atoms with E-state index in [1.165, 1.54) is 0 Å². The van der Waals surface area contributed by atoms with Crippen molar-refractivity contribution in [2.75, 3.05) is 52.9 Å². The number of carbonyl (C=O) groups is 1. The van der Waals surface area contributed by atoms with E-state index in [2.05, 4.69) is 9.80 Å². The Morgan fingerprint density at radius 3 is 2.39 bits per heavy atom. The number of amides is 1. The van der Waals surface area contributed by atoms with Gasteiger partial charge in [-0.1, -0.05) is 47.5 Å². The molecule has 3 aromatic rings. The number of hydrogen-bond donors (Lipinski definition) is 2. The lowest BCUT2D eigenvalue weighted by atomic mass is 9.94. The van der Waals surface area contributed by atoms with Gasteiger partial charge in [0.25, 0.3) is 5.91 Å². The minimum atomic E-state index is -0.812. The summed E-state index contributed by atoms with van der Waals surface area (Å²) in [4.78, 5) is 19.5. The molecule has 3 atom stereocenters. The second kappa shape index (κ2) is 13.9. The van der Waals surface area contributed by atoms with Crippen molar-refractivity contribution in [1.29, 1.82) is 0 Å². The number of likely N-dealkylation sites (N-methyl/N-ethyl adjacent to an activating group) is 1. The van der Waals surface area contributed by atoms with Gasteiger partial charge < -0.3 is 20.0 Å². The maximum Gasteiger partial charge on any atom is 0.253 e. The molecule has 1 fully saturated rings. The summed E-state index contributed by atoms with van der Waals surface area (Å²) in [7, 11) is 1.84. The van der Waals surface area contributed by atoms with Crippen LogP contribution in [0.5, 0.6) is 0 Å². The van der Waals surface area contributed by atoms with Gasteiger partial charge in [0.15, 0.2) is 0 Å². The fourth-order valence-corrected chi connectivity index (χ4v) is 6.16. The van der Waals surface area contributed by atoms with Crippen LogP contribution in [0.1, 0.15) is 39.9 Å². The Kier molecular flexibility index (Phi) is 10.6. The lowest BCUT2D eigenvalue weighted by Crippen LogP contribution is -2.50.